The molecule has 0 aromatic heterocycles. The molecule has 0 bridgehead atoms. The molecule has 2 amide bonds. The third-order valence-electron chi connectivity index (χ3n) is 3.95. The van der Waals surface area contributed by atoms with Gasteiger partial charge in [0.05, 0.1) is 6.54 Å². The van der Waals surface area contributed by atoms with Crippen molar-refractivity contribution in [2.45, 2.75) is 25.8 Å². The number of nitrogens with two attached hydrogens (primary N) is 1. The van der Waals surface area contributed by atoms with Crippen LogP contribution in [0, 0.1) is 6.92 Å². The Hall–Kier alpha value is -2.37. The Morgan fingerprint density at radius 1 is 0.962 bits per heavy atom. The van der Waals surface area contributed by atoms with Gasteiger partial charge < -0.3 is 16.4 Å². The molecule has 0 aliphatic rings. The second kappa shape index (κ2) is 11.3. The van der Waals surface area contributed by atoms with E-state index < -0.39 is 0 Å². The lowest BCUT2D eigenvalue weighted by Gasteiger charge is -2.13. The summed E-state index contributed by atoms with van der Waals surface area (Å²) in [6.07, 6.45) is 1.02. The lowest BCUT2D eigenvalue weighted by Crippen LogP contribution is -2.39. The minimum atomic E-state index is -0.262. The maximum absolute atomic E-state index is 11.8. The summed E-state index contributed by atoms with van der Waals surface area (Å²) in [5.74, 6) is -0.377. The highest BCUT2D eigenvalue weighted by Crippen LogP contribution is 2.08. The van der Waals surface area contributed by atoms with Gasteiger partial charge in [-0.1, -0.05) is 60.2 Å². The molecule has 4 N–H and O–H groups in total. The SMILES string of the molecule is Cc1ccc(CCC(=O)NCC(=O)NCC(N)c2ccccc2)cc1.Cl. The summed E-state index contributed by atoms with van der Waals surface area (Å²) in [6.45, 7) is 2.33. The van der Waals surface area contributed by atoms with E-state index in [2.05, 4.69) is 10.6 Å². The normalized spacial score (nSPS) is 11.2. The Bertz CT molecular complexity index is 690. The van der Waals surface area contributed by atoms with Crippen LogP contribution in [-0.2, 0) is 16.0 Å². The van der Waals surface area contributed by atoms with Gasteiger partial charge >= 0.3 is 0 Å². The summed E-state index contributed by atoms with van der Waals surface area (Å²) >= 11 is 0. The van der Waals surface area contributed by atoms with E-state index in [1.54, 1.807) is 0 Å². The summed E-state index contributed by atoms with van der Waals surface area (Å²) < 4.78 is 0. The van der Waals surface area contributed by atoms with Crippen LogP contribution in [0.5, 0.6) is 0 Å². The van der Waals surface area contributed by atoms with Crippen molar-refractivity contribution in [3.63, 3.8) is 0 Å². The topological polar surface area (TPSA) is 84.2 Å². The molecular weight excluding hydrogens is 350 g/mol. The van der Waals surface area contributed by atoms with Gasteiger partial charge in [0.25, 0.3) is 0 Å². The summed E-state index contributed by atoms with van der Waals surface area (Å²) in [4.78, 5) is 23.6. The maximum atomic E-state index is 11.8. The first-order valence-corrected chi connectivity index (χ1v) is 8.44. The van der Waals surface area contributed by atoms with Crippen molar-refractivity contribution in [2.75, 3.05) is 13.1 Å². The van der Waals surface area contributed by atoms with Gasteiger partial charge in [-0.3, -0.25) is 9.59 Å². The third-order valence-corrected chi connectivity index (χ3v) is 3.95. The number of amides is 2. The van der Waals surface area contributed by atoms with Crippen LogP contribution in [0.4, 0.5) is 0 Å². The number of rotatable bonds is 8. The molecule has 0 aliphatic carbocycles. The highest BCUT2D eigenvalue weighted by molar-refractivity contribution is 5.85. The fourth-order valence-corrected chi connectivity index (χ4v) is 2.38. The average molecular weight is 376 g/mol. The van der Waals surface area contributed by atoms with Crippen molar-refractivity contribution in [1.29, 1.82) is 0 Å². The monoisotopic (exact) mass is 375 g/mol. The Labute approximate surface area is 160 Å². The van der Waals surface area contributed by atoms with Gasteiger partial charge in [0, 0.05) is 19.0 Å². The van der Waals surface area contributed by atoms with Gasteiger partial charge in [-0.05, 0) is 24.5 Å². The number of benzene rings is 2. The van der Waals surface area contributed by atoms with E-state index in [1.807, 2.05) is 61.5 Å². The minimum absolute atomic E-state index is 0. The number of aryl methyl sites for hydroxylation is 2. The first-order chi connectivity index (χ1) is 12.0. The van der Waals surface area contributed by atoms with E-state index in [0.29, 0.717) is 19.4 Å². The molecule has 26 heavy (non-hydrogen) atoms. The highest BCUT2D eigenvalue weighted by Gasteiger charge is 2.09. The van der Waals surface area contributed by atoms with Crippen LogP contribution in [-0.4, -0.2) is 24.9 Å². The van der Waals surface area contributed by atoms with Crippen LogP contribution < -0.4 is 16.4 Å². The number of carbonyl (C=O) groups excluding carboxylic acids is 2. The van der Waals surface area contributed by atoms with Crippen LogP contribution in [0.15, 0.2) is 54.6 Å². The summed E-state index contributed by atoms with van der Waals surface area (Å²) in [5, 5.41) is 5.37. The maximum Gasteiger partial charge on any atom is 0.239 e. The number of carbonyl (C=O) groups is 2. The Morgan fingerprint density at radius 2 is 1.62 bits per heavy atom. The first kappa shape index (κ1) is 21.7. The molecule has 2 aromatic carbocycles. The van der Waals surface area contributed by atoms with Crippen LogP contribution >= 0.6 is 12.4 Å². The standard InChI is InChI=1S/C20H25N3O2.ClH/c1-15-7-9-16(10-8-15)11-12-19(24)23-14-20(25)22-13-18(21)17-5-3-2-4-6-17;/h2-10,18H,11-14,21H2,1H3,(H,22,25)(H,23,24);1H. The van der Waals surface area contributed by atoms with E-state index in [-0.39, 0.29) is 36.8 Å². The van der Waals surface area contributed by atoms with Crippen LogP contribution in [0.3, 0.4) is 0 Å². The van der Waals surface area contributed by atoms with Gasteiger partial charge in [0.15, 0.2) is 0 Å². The molecule has 0 fully saturated rings. The predicted molar refractivity (Wildman–Crippen MR) is 106 cm³/mol. The smallest absolute Gasteiger partial charge is 0.239 e. The lowest BCUT2D eigenvalue weighted by molar-refractivity contribution is -0.126. The first-order valence-electron chi connectivity index (χ1n) is 8.44. The molecule has 1 atom stereocenters. The summed E-state index contributed by atoms with van der Waals surface area (Å²) in [6, 6.07) is 17.4. The highest BCUT2D eigenvalue weighted by atomic mass is 35.5. The van der Waals surface area contributed by atoms with Crippen LogP contribution in [0.2, 0.25) is 0 Å². The van der Waals surface area contributed by atoms with Crippen LogP contribution in [0.1, 0.15) is 29.2 Å². The number of hydrogen-bond acceptors (Lipinski definition) is 3. The van der Waals surface area contributed by atoms with Crippen molar-refractivity contribution in [3.05, 3.63) is 71.3 Å². The molecule has 0 aliphatic heterocycles. The van der Waals surface area contributed by atoms with Gasteiger partial charge in [-0.2, -0.15) is 0 Å². The average Bonchev–Trinajstić information content (AvgIpc) is 2.64. The molecule has 6 heteroatoms. The van der Waals surface area contributed by atoms with E-state index in [9.17, 15) is 9.59 Å². The molecule has 0 spiro atoms. The molecule has 2 aromatic rings. The Balaban J connectivity index is 0.00000338. The van der Waals surface area contributed by atoms with Gasteiger partial charge in [0.2, 0.25) is 11.8 Å². The molecule has 0 saturated heterocycles. The molecule has 0 radical (unpaired) electrons. The van der Waals surface area contributed by atoms with E-state index in [4.69, 9.17) is 5.73 Å². The molecule has 0 saturated carbocycles. The molecule has 2 rings (SSSR count). The predicted octanol–water partition coefficient (Wildman–Crippen LogP) is 2.28. The quantitative estimate of drug-likeness (QED) is 0.661. The second-order valence-electron chi connectivity index (χ2n) is 6.08. The van der Waals surface area contributed by atoms with Crippen molar-refractivity contribution in [2.24, 2.45) is 5.73 Å². The summed E-state index contributed by atoms with van der Waals surface area (Å²) in [7, 11) is 0. The van der Waals surface area contributed by atoms with E-state index >= 15 is 0 Å². The molecule has 0 heterocycles. The van der Waals surface area contributed by atoms with Crippen molar-refractivity contribution in [1.82, 2.24) is 10.6 Å². The van der Waals surface area contributed by atoms with Gasteiger partial charge in [-0.15, -0.1) is 12.4 Å². The van der Waals surface area contributed by atoms with Gasteiger partial charge in [-0.25, -0.2) is 0 Å². The largest absolute Gasteiger partial charge is 0.353 e. The summed E-state index contributed by atoms with van der Waals surface area (Å²) in [5.41, 5.74) is 9.29. The number of nitrogens with one attached hydrogen (secondary N) is 2. The van der Waals surface area contributed by atoms with E-state index in [1.165, 1.54) is 5.56 Å². The zero-order valence-electron chi connectivity index (χ0n) is 14.9. The number of halogens is 1. The van der Waals surface area contributed by atoms with Crippen molar-refractivity contribution >= 4 is 24.2 Å². The van der Waals surface area contributed by atoms with E-state index in [0.717, 1.165) is 11.1 Å². The van der Waals surface area contributed by atoms with Crippen molar-refractivity contribution < 1.29 is 9.59 Å². The fraction of sp³-hybridized carbons (Fsp3) is 0.300. The molecular formula is C20H26ClN3O2. The Morgan fingerprint density at radius 3 is 2.27 bits per heavy atom. The fourth-order valence-electron chi connectivity index (χ4n) is 2.38. The Kier molecular flexibility index (Phi) is 9.41. The molecule has 1 unspecified atom stereocenters. The third kappa shape index (κ3) is 7.68. The van der Waals surface area contributed by atoms with Crippen LogP contribution in [0.25, 0.3) is 0 Å². The zero-order chi connectivity index (χ0) is 18.1. The lowest BCUT2D eigenvalue weighted by atomic mass is 10.1. The molecule has 5 nitrogen and oxygen atoms in total. The second-order valence-corrected chi connectivity index (χ2v) is 6.08. The van der Waals surface area contributed by atoms with Gasteiger partial charge in [0.1, 0.15) is 0 Å². The number of hydrogen-bond donors (Lipinski definition) is 3. The zero-order valence-corrected chi connectivity index (χ0v) is 15.7. The van der Waals surface area contributed by atoms with Crippen molar-refractivity contribution in [3.8, 4) is 0 Å². The molecule has 140 valence electrons. The minimum Gasteiger partial charge on any atom is -0.353 e.